The number of sulfonamides is 1. The van der Waals surface area contributed by atoms with Crippen molar-refractivity contribution in [2.24, 2.45) is 0 Å². The highest BCUT2D eigenvalue weighted by atomic mass is 35.5. The zero-order valence-corrected chi connectivity index (χ0v) is 27.8. The molecule has 3 N–H and O–H groups in total. The monoisotopic (exact) mass is 705 g/mol. The van der Waals surface area contributed by atoms with Gasteiger partial charge in [0.05, 0.1) is 38.4 Å². The van der Waals surface area contributed by atoms with Gasteiger partial charge in [-0.2, -0.15) is 4.31 Å². The lowest BCUT2D eigenvalue weighted by molar-refractivity contribution is -0.144. The Labute approximate surface area is 282 Å². The fourth-order valence-electron chi connectivity index (χ4n) is 6.24. The molecule has 3 aromatic carbocycles. The molecule has 1 unspecified atom stereocenters. The average molecular weight is 707 g/mol. The first-order chi connectivity index (χ1) is 22.5. The van der Waals surface area contributed by atoms with Crippen LogP contribution >= 0.6 is 23.2 Å². The summed E-state index contributed by atoms with van der Waals surface area (Å²) in [7, 11) is -4.35. The number of carbonyl (C=O) groups excluding carboxylic acids is 2. The van der Waals surface area contributed by atoms with E-state index in [2.05, 4.69) is 16.0 Å². The van der Waals surface area contributed by atoms with Gasteiger partial charge in [0, 0.05) is 47.9 Å². The molecule has 47 heavy (non-hydrogen) atoms. The first-order valence-corrected chi connectivity index (χ1v) is 17.4. The van der Waals surface area contributed by atoms with Gasteiger partial charge < -0.3 is 19.7 Å². The third kappa shape index (κ3) is 6.58. The molecule has 0 aliphatic carbocycles. The highest BCUT2D eigenvalue weighted by molar-refractivity contribution is 7.89. The van der Waals surface area contributed by atoms with E-state index in [-0.39, 0.29) is 69.8 Å². The van der Waals surface area contributed by atoms with Gasteiger partial charge in [-0.25, -0.2) is 12.8 Å². The van der Waals surface area contributed by atoms with Crippen LogP contribution in [0.1, 0.15) is 35.7 Å². The van der Waals surface area contributed by atoms with E-state index in [9.17, 15) is 18.0 Å². The summed E-state index contributed by atoms with van der Waals surface area (Å²) < 4.78 is 56.0. The van der Waals surface area contributed by atoms with Crippen molar-refractivity contribution in [2.75, 3.05) is 52.5 Å². The van der Waals surface area contributed by atoms with Crippen LogP contribution in [-0.2, 0) is 30.0 Å². The number of ether oxygens (including phenoxy) is 2. The molecule has 11 nitrogen and oxygen atoms in total. The minimum atomic E-state index is -4.35. The van der Waals surface area contributed by atoms with Crippen LogP contribution in [0.5, 0.6) is 5.75 Å². The second kappa shape index (κ2) is 13.7. The Morgan fingerprint density at radius 1 is 0.979 bits per heavy atom. The average Bonchev–Trinajstić information content (AvgIpc) is 3.47. The largest absolute Gasteiger partial charge is 0.493 e. The maximum absolute atomic E-state index is 15.9. The van der Waals surface area contributed by atoms with E-state index in [1.807, 2.05) is 24.3 Å². The Balaban J connectivity index is 1.57. The normalized spacial score (nSPS) is 23.8. The molecule has 3 atom stereocenters. The van der Waals surface area contributed by atoms with Crippen LogP contribution in [0.25, 0.3) is 0 Å². The summed E-state index contributed by atoms with van der Waals surface area (Å²) >= 11 is 12.5. The fraction of sp³-hybridized carbons (Fsp3) is 0.375. The van der Waals surface area contributed by atoms with Crippen LogP contribution < -0.4 is 20.7 Å². The van der Waals surface area contributed by atoms with Crippen LogP contribution in [-0.4, -0.2) is 82.0 Å². The predicted molar refractivity (Wildman–Crippen MR) is 173 cm³/mol. The lowest BCUT2D eigenvalue weighted by Gasteiger charge is -2.38. The second-order valence-corrected chi connectivity index (χ2v) is 14.2. The standard InChI is InChI=1S/C32H34Cl2FN5O6S/c1-2-46-26-18-25(35)27(47(43,44)40-13-15-45-16-14-40)17-24(26)32(31(42)39-12-11-36-28(41)19-39)37-29(20-3-7-22(33)8-4-20)30(38-32)21-5-9-23(34)10-6-21/h3-10,17-18,29-30,37-38H,2,11-16,19H2,1H3,(H,36,41)/t29-,30+,32?. The number of nitrogens with one attached hydrogen (secondary N) is 3. The topological polar surface area (TPSA) is 129 Å². The number of benzene rings is 3. The molecule has 3 fully saturated rings. The lowest BCUT2D eigenvalue weighted by Crippen LogP contribution is -2.62. The minimum Gasteiger partial charge on any atom is -0.493 e. The highest BCUT2D eigenvalue weighted by Crippen LogP contribution is 2.46. The van der Waals surface area contributed by atoms with Gasteiger partial charge in [-0.15, -0.1) is 0 Å². The molecule has 3 heterocycles. The maximum atomic E-state index is 15.9. The van der Waals surface area contributed by atoms with Gasteiger partial charge in [-0.05, 0) is 48.4 Å². The molecular weight excluding hydrogens is 672 g/mol. The predicted octanol–water partition coefficient (Wildman–Crippen LogP) is 3.34. The van der Waals surface area contributed by atoms with E-state index < -0.39 is 44.4 Å². The third-order valence-electron chi connectivity index (χ3n) is 8.51. The van der Waals surface area contributed by atoms with Gasteiger partial charge in [0.1, 0.15) is 16.5 Å². The number of hydrogen-bond acceptors (Lipinski definition) is 8. The second-order valence-electron chi connectivity index (χ2n) is 11.4. The van der Waals surface area contributed by atoms with Crippen LogP contribution in [0.2, 0.25) is 10.0 Å². The molecule has 2 amide bonds. The summed E-state index contributed by atoms with van der Waals surface area (Å²) in [6, 6.07) is 15.2. The van der Waals surface area contributed by atoms with E-state index in [0.717, 1.165) is 27.6 Å². The van der Waals surface area contributed by atoms with Gasteiger partial charge in [-0.3, -0.25) is 20.2 Å². The summed E-state index contributed by atoms with van der Waals surface area (Å²) in [5.41, 5.74) is -0.318. The first-order valence-electron chi connectivity index (χ1n) is 15.2. The molecule has 3 aliphatic rings. The SMILES string of the molecule is CCOc1cc(F)c(S(=O)(=O)N2CCOCC2)cc1C1(C(=O)N2CCNC(=O)C2)N[C@H](c2ccc(Cl)cc2)[C@H](c2ccc(Cl)cc2)N1. The molecule has 3 saturated heterocycles. The zero-order valence-electron chi connectivity index (χ0n) is 25.5. The van der Waals surface area contributed by atoms with Crippen LogP contribution in [0, 0.1) is 5.82 Å². The van der Waals surface area contributed by atoms with Gasteiger partial charge in [0.25, 0.3) is 5.91 Å². The zero-order chi connectivity index (χ0) is 33.3. The van der Waals surface area contributed by atoms with Gasteiger partial charge in [0.15, 0.2) is 5.66 Å². The van der Waals surface area contributed by atoms with Crippen molar-refractivity contribution in [3.63, 3.8) is 0 Å². The van der Waals surface area contributed by atoms with Crippen molar-refractivity contribution in [1.82, 2.24) is 25.2 Å². The number of carbonyl (C=O) groups is 2. The Hall–Kier alpha value is -3.30. The Bertz CT molecular complexity index is 1700. The maximum Gasteiger partial charge on any atom is 0.263 e. The van der Waals surface area contributed by atoms with Gasteiger partial charge in [-0.1, -0.05) is 47.5 Å². The number of rotatable bonds is 8. The van der Waals surface area contributed by atoms with Gasteiger partial charge >= 0.3 is 0 Å². The van der Waals surface area contributed by atoms with E-state index >= 15 is 4.39 Å². The molecular formula is C32H34Cl2FN5O6S. The van der Waals surface area contributed by atoms with Crippen molar-refractivity contribution in [1.29, 1.82) is 0 Å². The Kier molecular flexibility index (Phi) is 9.77. The molecule has 0 spiro atoms. The molecule has 250 valence electrons. The molecule has 15 heteroatoms. The number of amides is 2. The summed E-state index contributed by atoms with van der Waals surface area (Å²) in [6.07, 6.45) is 0. The number of halogens is 3. The summed E-state index contributed by atoms with van der Waals surface area (Å²) in [6.45, 7) is 2.40. The summed E-state index contributed by atoms with van der Waals surface area (Å²) in [5, 5.41) is 10.7. The molecule has 0 aromatic heterocycles. The quantitative estimate of drug-likeness (QED) is 0.326. The number of hydrogen-bond donors (Lipinski definition) is 3. The summed E-state index contributed by atoms with van der Waals surface area (Å²) in [4.78, 5) is 28.2. The van der Waals surface area contributed by atoms with Crippen molar-refractivity contribution in [3.05, 3.63) is 93.2 Å². The molecule has 0 radical (unpaired) electrons. The molecule has 3 aromatic rings. The number of nitrogens with zero attached hydrogens (tertiary/aromatic N) is 2. The number of piperazine rings is 1. The van der Waals surface area contributed by atoms with Crippen molar-refractivity contribution >= 4 is 45.0 Å². The smallest absolute Gasteiger partial charge is 0.263 e. The van der Waals surface area contributed by atoms with E-state index in [1.54, 1.807) is 31.2 Å². The lowest BCUT2D eigenvalue weighted by atomic mass is 9.95. The van der Waals surface area contributed by atoms with Crippen molar-refractivity contribution < 1.29 is 31.9 Å². The van der Waals surface area contributed by atoms with Crippen molar-refractivity contribution in [3.8, 4) is 5.75 Å². The van der Waals surface area contributed by atoms with E-state index in [4.69, 9.17) is 32.7 Å². The van der Waals surface area contributed by atoms with Crippen molar-refractivity contribution in [2.45, 2.75) is 29.6 Å². The molecule has 3 aliphatic heterocycles. The van der Waals surface area contributed by atoms with Crippen LogP contribution in [0.4, 0.5) is 4.39 Å². The Morgan fingerprint density at radius 3 is 2.09 bits per heavy atom. The summed E-state index contributed by atoms with van der Waals surface area (Å²) in [5.74, 6) is -1.97. The minimum absolute atomic E-state index is 0.0349. The highest BCUT2D eigenvalue weighted by Gasteiger charge is 2.55. The molecule has 6 rings (SSSR count). The Morgan fingerprint density at radius 2 is 1.55 bits per heavy atom. The molecule has 0 saturated carbocycles. The van der Waals surface area contributed by atoms with E-state index in [0.29, 0.717) is 10.0 Å². The molecule has 0 bridgehead atoms. The van der Waals surface area contributed by atoms with Crippen LogP contribution in [0.3, 0.4) is 0 Å². The number of morpholine rings is 1. The third-order valence-corrected chi connectivity index (χ3v) is 10.9. The fourth-order valence-corrected chi connectivity index (χ4v) is 7.97. The first kappa shape index (κ1) is 33.6. The van der Waals surface area contributed by atoms with Crippen LogP contribution in [0.15, 0.2) is 65.6 Å². The van der Waals surface area contributed by atoms with E-state index in [1.165, 1.54) is 4.90 Å². The van der Waals surface area contributed by atoms with Gasteiger partial charge in [0.2, 0.25) is 15.9 Å².